The molecule has 2 rings (SSSR count). The highest BCUT2D eigenvalue weighted by Gasteiger charge is 2.11. The van der Waals surface area contributed by atoms with Crippen LogP contribution in [0.15, 0.2) is 16.8 Å². The molecule has 96 valence electrons. The molecule has 0 aromatic carbocycles. The van der Waals surface area contributed by atoms with Crippen LogP contribution in [0.2, 0.25) is 0 Å². The van der Waals surface area contributed by atoms with E-state index in [0.29, 0.717) is 18.0 Å². The molecular weight excluding hydrogens is 234 g/mol. The molecule has 0 aliphatic heterocycles. The zero-order valence-corrected chi connectivity index (χ0v) is 10.3. The third-order valence-electron chi connectivity index (χ3n) is 2.68. The summed E-state index contributed by atoms with van der Waals surface area (Å²) < 4.78 is 6.46. The molecule has 0 radical (unpaired) electrons. The van der Waals surface area contributed by atoms with Crippen molar-refractivity contribution in [3.8, 4) is 0 Å². The Balaban J connectivity index is 1.93. The molecule has 0 aliphatic carbocycles. The van der Waals surface area contributed by atoms with Gasteiger partial charge >= 0.3 is 0 Å². The number of anilines is 1. The topological polar surface area (TPSA) is 99.0 Å². The van der Waals surface area contributed by atoms with Gasteiger partial charge in [0.2, 0.25) is 5.91 Å². The summed E-state index contributed by atoms with van der Waals surface area (Å²) in [5, 5.41) is 10.5. The maximum Gasteiger partial charge on any atom is 0.242 e. The lowest BCUT2D eigenvalue weighted by atomic mass is 10.3. The molecule has 0 saturated heterocycles. The van der Waals surface area contributed by atoms with Crippen LogP contribution in [0, 0.1) is 13.8 Å². The maximum absolute atomic E-state index is 11.7. The van der Waals surface area contributed by atoms with Gasteiger partial charge in [-0.2, -0.15) is 5.10 Å². The average Bonchev–Trinajstić information content (AvgIpc) is 2.93. The van der Waals surface area contributed by atoms with E-state index in [4.69, 9.17) is 10.3 Å². The van der Waals surface area contributed by atoms with Crippen molar-refractivity contribution < 1.29 is 9.32 Å². The van der Waals surface area contributed by atoms with Gasteiger partial charge in [-0.3, -0.25) is 9.48 Å². The van der Waals surface area contributed by atoms with E-state index in [-0.39, 0.29) is 12.5 Å². The molecular formula is C11H15N5O2. The fourth-order valence-corrected chi connectivity index (χ4v) is 1.58. The van der Waals surface area contributed by atoms with Crippen LogP contribution in [0.4, 0.5) is 5.69 Å². The first-order chi connectivity index (χ1) is 8.58. The second-order valence-electron chi connectivity index (χ2n) is 4.00. The number of aryl methyl sites for hydroxylation is 1. The van der Waals surface area contributed by atoms with Gasteiger partial charge in [-0.05, 0) is 13.8 Å². The van der Waals surface area contributed by atoms with Crippen molar-refractivity contribution in [3.05, 3.63) is 29.4 Å². The van der Waals surface area contributed by atoms with E-state index in [0.717, 1.165) is 11.4 Å². The molecule has 0 atom stereocenters. The third kappa shape index (κ3) is 2.50. The number of amides is 1. The van der Waals surface area contributed by atoms with Gasteiger partial charge in [0, 0.05) is 6.07 Å². The van der Waals surface area contributed by atoms with E-state index in [1.807, 2.05) is 13.8 Å². The van der Waals surface area contributed by atoms with Crippen LogP contribution in [-0.4, -0.2) is 20.8 Å². The van der Waals surface area contributed by atoms with Crippen LogP contribution in [-0.2, 0) is 17.9 Å². The molecule has 0 spiro atoms. The molecule has 1 amide bonds. The standard InChI is InChI=1S/C11H15N5O2/c1-7-11(12)8(2)16(15-7)6-10(17)13-5-9-3-4-14-18-9/h3-4H,5-6,12H2,1-2H3,(H,13,17). The van der Waals surface area contributed by atoms with Crippen molar-refractivity contribution in [2.75, 3.05) is 5.73 Å². The van der Waals surface area contributed by atoms with Gasteiger partial charge in [-0.1, -0.05) is 5.16 Å². The number of hydrogen-bond acceptors (Lipinski definition) is 5. The lowest BCUT2D eigenvalue weighted by Gasteiger charge is -2.05. The monoisotopic (exact) mass is 249 g/mol. The van der Waals surface area contributed by atoms with E-state index < -0.39 is 0 Å². The minimum absolute atomic E-state index is 0.137. The maximum atomic E-state index is 11.7. The Hall–Kier alpha value is -2.31. The molecule has 2 aromatic rings. The second kappa shape index (κ2) is 4.91. The molecule has 0 aliphatic rings. The molecule has 2 heterocycles. The first kappa shape index (κ1) is 12.2. The molecule has 3 N–H and O–H groups in total. The highest BCUT2D eigenvalue weighted by molar-refractivity contribution is 5.75. The molecule has 0 bridgehead atoms. The van der Waals surface area contributed by atoms with E-state index in [1.54, 1.807) is 10.7 Å². The Morgan fingerprint density at radius 1 is 1.56 bits per heavy atom. The van der Waals surface area contributed by atoms with E-state index in [9.17, 15) is 4.79 Å². The summed E-state index contributed by atoms with van der Waals surface area (Å²) in [5.41, 5.74) is 7.94. The van der Waals surface area contributed by atoms with Gasteiger partial charge < -0.3 is 15.6 Å². The Kier molecular flexibility index (Phi) is 3.31. The number of nitrogens with two attached hydrogens (primary N) is 1. The Morgan fingerprint density at radius 3 is 2.89 bits per heavy atom. The van der Waals surface area contributed by atoms with Crippen molar-refractivity contribution in [2.24, 2.45) is 0 Å². The molecule has 0 fully saturated rings. The Morgan fingerprint density at radius 2 is 2.33 bits per heavy atom. The summed E-state index contributed by atoms with van der Waals surface area (Å²) in [6.07, 6.45) is 1.53. The summed E-state index contributed by atoms with van der Waals surface area (Å²) in [5.74, 6) is 0.452. The summed E-state index contributed by atoms with van der Waals surface area (Å²) >= 11 is 0. The first-order valence-electron chi connectivity index (χ1n) is 5.53. The van der Waals surface area contributed by atoms with Gasteiger partial charge in [-0.25, -0.2) is 0 Å². The number of rotatable bonds is 4. The van der Waals surface area contributed by atoms with Crippen LogP contribution in [0.5, 0.6) is 0 Å². The quantitative estimate of drug-likeness (QED) is 0.816. The molecule has 7 nitrogen and oxygen atoms in total. The van der Waals surface area contributed by atoms with Gasteiger partial charge in [0.25, 0.3) is 0 Å². The van der Waals surface area contributed by atoms with Crippen LogP contribution >= 0.6 is 0 Å². The average molecular weight is 249 g/mol. The number of carbonyl (C=O) groups excluding carboxylic acids is 1. The molecule has 18 heavy (non-hydrogen) atoms. The van der Waals surface area contributed by atoms with Gasteiger partial charge in [0.1, 0.15) is 6.54 Å². The van der Waals surface area contributed by atoms with E-state index >= 15 is 0 Å². The van der Waals surface area contributed by atoms with Gasteiger partial charge in [-0.15, -0.1) is 0 Å². The second-order valence-corrected chi connectivity index (χ2v) is 4.00. The number of nitrogens with zero attached hydrogens (tertiary/aromatic N) is 3. The number of nitrogen functional groups attached to an aromatic ring is 1. The predicted molar refractivity (Wildman–Crippen MR) is 64.5 cm³/mol. The first-order valence-corrected chi connectivity index (χ1v) is 5.53. The third-order valence-corrected chi connectivity index (χ3v) is 2.68. The number of carbonyl (C=O) groups is 1. The molecule has 7 heteroatoms. The van der Waals surface area contributed by atoms with Crippen LogP contribution in [0.25, 0.3) is 0 Å². The largest absolute Gasteiger partial charge is 0.396 e. The zero-order chi connectivity index (χ0) is 13.1. The number of hydrogen-bond donors (Lipinski definition) is 2. The predicted octanol–water partition coefficient (Wildman–Crippen LogP) is 0.387. The number of nitrogens with one attached hydrogen (secondary N) is 1. The Labute approximate surface area is 104 Å². The van der Waals surface area contributed by atoms with Crippen molar-refractivity contribution in [3.63, 3.8) is 0 Å². The van der Waals surface area contributed by atoms with Crippen LogP contribution in [0.3, 0.4) is 0 Å². The van der Waals surface area contributed by atoms with Crippen molar-refractivity contribution >= 4 is 11.6 Å². The minimum atomic E-state index is -0.156. The highest BCUT2D eigenvalue weighted by Crippen LogP contribution is 2.14. The fourth-order valence-electron chi connectivity index (χ4n) is 1.58. The number of aromatic nitrogens is 3. The van der Waals surface area contributed by atoms with Gasteiger partial charge in [0.15, 0.2) is 5.76 Å². The lowest BCUT2D eigenvalue weighted by Crippen LogP contribution is -2.27. The minimum Gasteiger partial charge on any atom is -0.396 e. The fraction of sp³-hybridized carbons (Fsp3) is 0.364. The van der Waals surface area contributed by atoms with Crippen LogP contribution in [0.1, 0.15) is 17.1 Å². The summed E-state index contributed by atoms with van der Waals surface area (Å²) in [7, 11) is 0. The van der Waals surface area contributed by atoms with E-state index in [2.05, 4.69) is 15.6 Å². The SMILES string of the molecule is Cc1nn(CC(=O)NCc2ccno2)c(C)c1N. The van der Waals surface area contributed by atoms with Crippen LogP contribution < -0.4 is 11.1 Å². The molecule has 0 unspecified atom stereocenters. The summed E-state index contributed by atoms with van der Waals surface area (Å²) in [6.45, 7) is 4.09. The van der Waals surface area contributed by atoms with Crippen molar-refractivity contribution in [1.82, 2.24) is 20.3 Å². The molecule has 2 aromatic heterocycles. The van der Waals surface area contributed by atoms with E-state index in [1.165, 1.54) is 6.20 Å². The highest BCUT2D eigenvalue weighted by atomic mass is 16.5. The lowest BCUT2D eigenvalue weighted by molar-refractivity contribution is -0.122. The normalized spacial score (nSPS) is 10.6. The smallest absolute Gasteiger partial charge is 0.242 e. The summed E-state index contributed by atoms with van der Waals surface area (Å²) in [4.78, 5) is 11.7. The van der Waals surface area contributed by atoms with Gasteiger partial charge in [0.05, 0.1) is 29.8 Å². The molecule has 0 saturated carbocycles. The van der Waals surface area contributed by atoms with Crippen molar-refractivity contribution in [1.29, 1.82) is 0 Å². The zero-order valence-electron chi connectivity index (χ0n) is 10.3. The Bertz CT molecular complexity index is 544. The summed E-state index contributed by atoms with van der Waals surface area (Å²) in [6, 6.07) is 1.70. The van der Waals surface area contributed by atoms with Crippen molar-refractivity contribution in [2.45, 2.75) is 26.9 Å².